The van der Waals surface area contributed by atoms with Gasteiger partial charge >= 0.3 is 0 Å². The summed E-state index contributed by atoms with van der Waals surface area (Å²) >= 11 is 0. The first kappa shape index (κ1) is 21.5. The SMILES string of the molecule is CC(C)(C)c1cc2ccc3c(-c4cc5ccccc5o4)cc(-c4cc5ccccc5o4)c4ccc(c1)c2c34. The van der Waals surface area contributed by atoms with Gasteiger partial charge < -0.3 is 8.83 Å². The van der Waals surface area contributed by atoms with Crippen LogP contribution in [0.1, 0.15) is 26.3 Å². The van der Waals surface area contributed by atoms with Crippen LogP contribution in [0.4, 0.5) is 0 Å². The van der Waals surface area contributed by atoms with Gasteiger partial charge in [-0.05, 0) is 73.6 Å². The molecule has 2 nitrogen and oxygen atoms in total. The Labute approximate surface area is 220 Å². The van der Waals surface area contributed by atoms with Crippen LogP contribution in [0.5, 0.6) is 0 Å². The summed E-state index contributed by atoms with van der Waals surface area (Å²) in [5.74, 6) is 1.74. The minimum absolute atomic E-state index is 0.0727. The maximum atomic E-state index is 6.43. The fraction of sp³-hybridized carbons (Fsp3) is 0.111. The molecule has 0 unspecified atom stereocenters. The summed E-state index contributed by atoms with van der Waals surface area (Å²) in [7, 11) is 0. The predicted molar refractivity (Wildman–Crippen MR) is 159 cm³/mol. The molecule has 0 aliphatic rings. The smallest absolute Gasteiger partial charge is 0.136 e. The van der Waals surface area contributed by atoms with Crippen LogP contribution in [-0.2, 0) is 5.41 Å². The topological polar surface area (TPSA) is 26.3 Å². The number of rotatable bonds is 2. The molecule has 182 valence electrons. The third kappa shape index (κ3) is 3.07. The van der Waals surface area contributed by atoms with Crippen molar-refractivity contribution in [3.05, 3.63) is 109 Å². The van der Waals surface area contributed by atoms with Gasteiger partial charge in [0.15, 0.2) is 0 Å². The van der Waals surface area contributed by atoms with Crippen LogP contribution in [0.25, 0.3) is 76.9 Å². The zero-order chi connectivity index (χ0) is 25.6. The van der Waals surface area contributed by atoms with Crippen molar-refractivity contribution in [1.82, 2.24) is 0 Å². The first-order valence-electron chi connectivity index (χ1n) is 13.2. The molecule has 2 heteroatoms. The molecule has 8 rings (SSSR count). The lowest BCUT2D eigenvalue weighted by Gasteiger charge is -2.22. The average molecular weight is 491 g/mol. The molecule has 0 radical (unpaired) electrons. The van der Waals surface area contributed by atoms with E-state index in [1.165, 1.54) is 37.9 Å². The highest BCUT2D eigenvalue weighted by atomic mass is 16.3. The third-order valence-corrected chi connectivity index (χ3v) is 7.96. The van der Waals surface area contributed by atoms with Crippen molar-refractivity contribution in [2.45, 2.75) is 26.2 Å². The van der Waals surface area contributed by atoms with E-state index in [9.17, 15) is 0 Å². The lowest BCUT2D eigenvalue weighted by molar-refractivity contribution is 0.591. The lowest BCUT2D eigenvalue weighted by Crippen LogP contribution is -2.10. The van der Waals surface area contributed by atoms with E-state index >= 15 is 0 Å². The number of furan rings is 2. The maximum absolute atomic E-state index is 6.43. The van der Waals surface area contributed by atoms with Crippen LogP contribution in [0.3, 0.4) is 0 Å². The molecular formula is C36H26O2. The maximum Gasteiger partial charge on any atom is 0.136 e. The van der Waals surface area contributed by atoms with Crippen molar-refractivity contribution in [3.63, 3.8) is 0 Å². The Morgan fingerprint density at radius 1 is 0.474 bits per heavy atom. The second kappa shape index (κ2) is 7.49. The zero-order valence-corrected chi connectivity index (χ0v) is 21.6. The van der Waals surface area contributed by atoms with E-state index in [1.54, 1.807) is 0 Å². The molecule has 0 saturated carbocycles. The number of benzene rings is 6. The number of hydrogen-bond acceptors (Lipinski definition) is 2. The summed E-state index contributed by atoms with van der Waals surface area (Å²) < 4.78 is 12.9. The zero-order valence-electron chi connectivity index (χ0n) is 21.6. The van der Waals surface area contributed by atoms with Gasteiger partial charge in [-0.1, -0.05) is 93.6 Å². The first-order valence-corrected chi connectivity index (χ1v) is 13.2. The van der Waals surface area contributed by atoms with Gasteiger partial charge in [-0.3, -0.25) is 0 Å². The summed E-state index contributed by atoms with van der Waals surface area (Å²) in [4.78, 5) is 0. The molecule has 0 bridgehead atoms. The van der Waals surface area contributed by atoms with Crippen LogP contribution in [0, 0.1) is 0 Å². The van der Waals surface area contributed by atoms with Crippen molar-refractivity contribution in [2.75, 3.05) is 0 Å². The van der Waals surface area contributed by atoms with Gasteiger partial charge in [0.05, 0.1) is 0 Å². The molecule has 0 atom stereocenters. The normalized spacial score (nSPS) is 12.6. The number of para-hydroxylation sites is 2. The van der Waals surface area contributed by atoms with Crippen molar-refractivity contribution < 1.29 is 8.83 Å². The van der Waals surface area contributed by atoms with E-state index < -0.39 is 0 Å². The van der Waals surface area contributed by atoms with E-state index in [-0.39, 0.29) is 5.41 Å². The minimum atomic E-state index is 0.0727. The summed E-state index contributed by atoms with van der Waals surface area (Å²) in [6, 6.07) is 36.8. The summed E-state index contributed by atoms with van der Waals surface area (Å²) in [5, 5.41) is 9.69. The van der Waals surface area contributed by atoms with Crippen LogP contribution < -0.4 is 0 Å². The van der Waals surface area contributed by atoms with Crippen LogP contribution in [0.2, 0.25) is 0 Å². The van der Waals surface area contributed by atoms with Gasteiger partial charge in [-0.15, -0.1) is 0 Å². The van der Waals surface area contributed by atoms with Crippen molar-refractivity contribution in [1.29, 1.82) is 0 Å². The van der Waals surface area contributed by atoms with E-state index in [0.717, 1.165) is 44.6 Å². The Morgan fingerprint density at radius 3 is 1.45 bits per heavy atom. The number of fused-ring (bicyclic) bond motifs is 2. The molecule has 8 aromatic rings. The molecule has 0 saturated heterocycles. The first-order chi connectivity index (χ1) is 18.4. The highest BCUT2D eigenvalue weighted by molar-refractivity contribution is 6.28. The van der Waals surface area contributed by atoms with Crippen LogP contribution in [-0.4, -0.2) is 0 Å². The Morgan fingerprint density at radius 2 is 0.974 bits per heavy atom. The molecule has 0 aliphatic heterocycles. The van der Waals surface area contributed by atoms with Crippen molar-refractivity contribution in [2.24, 2.45) is 0 Å². The average Bonchev–Trinajstić information content (AvgIpc) is 3.55. The highest BCUT2D eigenvalue weighted by Crippen LogP contribution is 2.46. The van der Waals surface area contributed by atoms with E-state index in [2.05, 4.69) is 99.6 Å². The molecular weight excluding hydrogens is 464 g/mol. The molecule has 0 spiro atoms. The van der Waals surface area contributed by atoms with Gasteiger partial charge in [0.25, 0.3) is 0 Å². The molecule has 0 aliphatic carbocycles. The molecule has 2 heterocycles. The monoisotopic (exact) mass is 490 g/mol. The van der Waals surface area contributed by atoms with Gasteiger partial charge in [0, 0.05) is 21.9 Å². The van der Waals surface area contributed by atoms with Gasteiger partial charge in [0.2, 0.25) is 0 Å². The van der Waals surface area contributed by atoms with E-state index in [4.69, 9.17) is 8.83 Å². The molecule has 6 aromatic carbocycles. The van der Waals surface area contributed by atoms with Crippen LogP contribution in [0.15, 0.2) is 112 Å². The van der Waals surface area contributed by atoms with Crippen LogP contribution >= 0.6 is 0 Å². The molecule has 0 N–H and O–H groups in total. The molecule has 38 heavy (non-hydrogen) atoms. The fourth-order valence-corrected chi connectivity index (χ4v) is 5.99. The minimum Gasteiger partial charge on any atom is -0.456 e. The fourth-order valence-electron chi connectivity index (χ4n) is 5.99. The standard InChI is InChI=1S/C36H26O2/c1-36(2,3)25-16-23-12-14-26-28(32-18-21-8-4-6-10-30(21)37-32)20-29(27-15-13-24(17-25)34(23)35(26)27)33-19-22-9-5-7-11-31(22)38-33/h4-20H,1-3H3. The molecule has 0 fully saturated rings. The van der Waals surface area contributed by atoms with Gasteiger partial charge in [0.1, 0.15) is 22.7 Å². The van der Waals surface area contributed by atoms with Crippen molar-refractivity contribution in [3.8, 4) is 22.6 Å². The highest BCUT2D eigenvalue weighted by Gasteiger charge is 2.22. The Balaban J connectivity index is 1.52. The number of hydrogen-bond donors (Lipinski definition) is 0. The Kier molecular flexibility index (Phi) is 4.24. The largest absolute Gasteiger partial charge is 0.456 e. The Bertz CT molecular complexity index is 1960. The predicted octanol–water partition coefficient (Wildman–Crippen LogP) is 10.7. The third-order valence-electron chi connectivity index (χ3n) is 7.96. The molecule has 0 amide bonds. The second-order valence-corrected chi connectivity index (χ2v) is 11.4. The Hall–Kier alpha value is -4.56. The second-order valence-electron chi connectivity index (χ2n) is 11.4. The molecule has 2 aromatic heterocycles. The summed E-state index contributed by atoms with van der Waals surface area (Å²) in [5.41, 5.74) is 5.38. The quantitative estimate of drug-likeness (QED) is 0.225. The summed E-state index contributed by atoms with van der Waals surface area (Å²) in [6.45, 7) is 6.83. The van der Waals surface area contributed by atoms with Crippen molar-refractivity contribution >= 4 is 54.3 Å². The lowest BCUT2D eigenvalue weighted by atomic mass is 9.82. The van der Waals surface area contributed by atoms with E-state index in [1.807, 2.05) is 24.3 Å². The van der Waals surface area contributed by atoms with Gasteiger partial charge in [-0.2, -0.15) is 0 Å². The van der Waals surface area contributed by atoms with E-state index in [0.29, 0.717) is 0 Å². The summed E-state index contributed by atoms with van der Waals surface area (Å²) in [6.07, 6.45) is 0. The van der Waals surface area contributed by atoms with Gasteiger partial charge in [-0.25, -0.2) is 0 Å².